The van der Waals surface area contributed by atoms with Crippen LogP contribution in [0.25, 0.3) is 0 Å². The van der Waals surface area contributed by atoms with E-state index < -0.39 is 0 Å². The third-order valence-corrected chi connectivity index (χ3v) is 5.85. The van der Waals surface area contributed by atoms with Crippen LogP contribution in [-0.4, -0.2) is 18.1 Å². The van der Waals surface area contributed by atoms with Crippen LogP contribution in [0.5, 0.6) is 0 Å². The number of anilines is 1. The number of rotatable bonds is 1. The van der Waals surface area contributed by atoms with Gasteiger partial charge in [0.2, 0.25) is 0 Å². The zero-order chi connectivity index (χ0) is 17.0. The van der Waals surface area contributed by atoms with Crippen molar-refractivity contribution in [2.45, 2.75) is 30.8 Å². The molecule has 2 fully saturated rings. The van der Waals surface area contributed by atoms with Gasteiger partial charge in [-0.25, -0.2) is 14.5 Å². The highest BCUT2D eigenvalue weighted by Crippen LogP contribution is 2.51. The highest BCUT2D eigenvalue weighted by molar-refractivity contribution is 6.14. The number of hydrogen-bond donors (Lipinski definition) is 2. The van der Waals surface area contributed by atoms with Gasteiger partial charge in [-0.15, -0.1) is 0 Å². The minimum atomic E-state index is -0.368. The summed E-state index contributed by atoms with van der Waals surface area (Å²) in [5.41, 5.74) is 3.04. The summed E-state index contributed by atoms with van der Waals surface area (Å²) < 4.78 is 0. The summed E-state index contributed by atoms with van der Waals surface area (Å²) in [5.74, 6) is 0.583. The van der Waals surface area contributed by atoms with Gasteiger partial charge in [-0.1, -0.05) is 42.5 Å². The van der Waals surface area contributed by atoms with Crippen LogP contribution in [0.3, 0.4) is 0 Å². The van der Waals surface area contributed by atoms with Crippen LogP contribution >= 0.6 is 0 Å². The van der Waals surface area contributed by atoms with Crippen LogP contribution in [0.4, 0.5) is 15.3 Å². The largest absolute Gasteiger partial charge is 0.334 e. The summed E-state index contributed by atoms with van der Waals surface area (Å²) in [4.78, 5) is 27.0. The van der Waals surface area contributed by atoms with E-state index in [1.807, 2.05) is 30.3 Å². The molecule has 2 N–H and O–H groups in total. The smallest absolute Gasteiger partial charge is 0.330 e. The molecule has 0 aromatic heterocycles. The molecule has 5 rings (SSSR count). The molecule has 4 bridgehead atoms. The first-order valence-electron chi connectivity index (χ1n) is 8.79. The molecule has 3 aliphatic rings. The third kappa shape index (κ3) is 2.08. The van der Waals surface area contributed by atoms with Crippen LogP contribution in [-0.2, 0) is 0 Å². The number of carbonyl (C=O) groups excluding carboxylic acids is 2. The van der Waals surface area contributed by atoms with E-state index in [0.29, 0.717) is 11.6 Å². The van der Waals surface area contributed by atoms with E-state index in [-0.39, 0.29) is 30.1 Å². The molecular formula is C20H19N3O2. The number of carbonyl (C=O) groups is 2. The number of amides is 4. The molecule has 2 aliphatic carbocycles. The lowest BCUT2D eigenvalue weighted by atomic mass is 9.75. The van der Waals surface area contributed by atoms with Crippen molar-refractivity contribution in [2.75, 3.05) is 4.90 Å². The summed E-state index contributed by atoms with van der Waals surface area (Å²) >= 11 is 0. The highest BCUT2D eigenvalue weighted by Gasteiger charge is 2.50. The molecule has 2 aromatic rings. The van der Waals surface area contributed by atoms with Crippen molar-refractivity contribution < 1.29 is 9.59 Å². The Morgan fingerprint density at radius 3 is 2.28 bits per heavy atom. The van der Waals surface area contributed by atoms with E-state index >= 15 is 0 Å². The van der Waals surface area contributed by atoms with Crippen LogP contribution in [0, 0.1) is 5.92 Å². The minimum Gasteiger partial charge on any atom is -0.334 e. The fourth-order valence-corrected chi connectivity index (χ4v) is 4.82. The van der Waals surface area contributed by atoms with Crippen LogP contribution < -0.4 is 15.5 Å². The number of fused-ring (bicyclic) bond motifs is 3. The Balaban J connectivity index is 1.60. The maximum Gasteiger partial charge on any atom is 0.330 e. The Hall–Kier alpha value is -2.82. The molecule has 2 aromatic carbocycles. The number of nitrogens with zero attached hydrogens (tertiary/aromatic N) is 1. The summed E-state index contributed by atoms with van der Waals surface area (Å²) in [7, 11) is 0. The van der Waals surface area contributed by atoms with E-state index in [9.17, 15) is 9.59 Å². The normalized spacial score (nSPS) is 30.0. The molecule has 4 atom stereocenters. The summed E-state index contributed by atoms with van der Waals surface area (Å²) in [6, 6.07) is 16.7. The fraction of sp³-hybridized carbons (Fsp3) is 0.300. The predicted octanol–water partition coefficient (Wildman–Crippen LogP) is 3.54. The number of imide groups is 1. The fourth-order valence-electron chi connectivity index (χ4n) is 4.82. The molecule has 5 heteroatoms. The van der Waals surface area contributed by atoms with Gasteiger partial charge in [0.1, 0.15) is 0 Å². The number of benzene rings is 2. The molecular weight excluding hydrogens is 314 g/mol. The Kier molecular flexibility index (Phi) is 3.10. The first-order chi connectivity index (χ1) is 12.2. The van der Waals surface area contributed by atoms with Crippen molar-refractivity contribution in [3.8, 4) is 0 Å². The van der Waals surface area contributed by atoms with Crippen LogP contribution in [0.1, 0.15) is 35.9 Å². The van der Waals surface area contributed by atoms with Crippen molar-refractivity contribution in [3.05, 3.63) is 65.7 Å². The highest BCUT2D eigenvalue weighted by atomic mass is 16.2. The molecule has 1 saturated carbocycles. The molecule has 0 spiro atoms. The summed E-state index contributed by atoms with van der Waals surface area (Å²) in [6.07, 6.45) is 2.06. The lowest BCUT2D eigenvalue weighted by molar-refractivity contribution is 0.206. The molecule has 1 aliphatic heterocycles. The van der Waals surface area contributed by atoms with E-state index in [4.69, 9.17) is 0 Å². The van der Waals surface area contributed by atoms with Gasteiger partial charge in [0.25, 0.3) is 0 Å². The number of nitrogens with one attached hydrogen (secondary N) is 2. The molecule has 25 heavy (non-hydrogen) atoms. The minimum absolute atomic E-state index is 0.0562. The van der Waals surface area contributed by atoms with E-state index in [2.05, 4.69) is 22.8 Å². The van der Waals surface area contributed by atoms with Crippen LogP contribution in [0.2, 0.25) is 0 Å². The number of hydrogen-bond acceptors (Lipinski definition) is 2. The lowest BCUT2D eigenvalue weighted by Crippen LogP contribution is -2.60. The zero-order valence-electron chi connectivity index (χ0n) is 13.7. The molecule has 1 heterocycles. The van der Waals surface area contributed by atoms with Gasteiger partial charge in [0.15, 0.2) is 0 Å². The van der Waals surface area contributed by atoms with Gasteiger partial charge < -0.3 is 10.6 Å². The molecule has 5 nitrogen and oxygen atoms in total. The molecule has 4 amide bonds. The predicted molar refractivity (Wildman–Crippen MR) is 94.4 cm³/mol. The van der Waals surface area contributed by atoms with Crippen molar-refractivity contribution in [1.29, 1.82) is 0 Å². The topological polar surface area (TPSA) is 61.4 Å². The van der Waals surface area contributed by atoms with E-state index in [0.717, 1.165) is 12.8 Å². The first-order valence-corrected chi connectivity index (χ1v) is 8.79. The Morgan fingerprint density at radius 2 is 1.48 bits per heavy atom. The monoisotopic (exact) mass is 333 g/mol. The van der Waals surface area contributed by atoms with Crippen molar-refractivity contribution in [1.82, 2.24) is 10.6 Å². The second-order valence-electron chi connectivity index (χ2n) is 7.05. The maximum absolute atomic E-state index is 12.9. The van der Waals surface area contributed by atoms with Crippen molar-refractivity contribution in [2.24, 2.45) is 5.92 Å². The van der Waals surface area contributed by atoms with Crippen LogP contribution in [0.15, 0.2) is 54.6 Å². The Labute approximate surface area is 146 Å². The molecule has 0 unspecified atom stereocenters. The molecule has 1 saturated heterocycles. The average Bonchev–Trinajstić information content (AvgIpc) is 2.95. The van der Waals surface area contributed by atoms with E-state index in [1.54, 1.807) is 12.1 Å². The summed E-state index contributed by atoms with van der Waals surface area (Å²) in [6.45, 7) is 0. The zero-order valence-corrected chi connectivity index (χ0v) is 13.7. The summed E-state index contributed by atoms with van der Waals surface area (Å²) in [5, 5.41) is 6.30. The van der Waals surface area contributed by atoms with Gasteiger partial charge >= 0.3 is 12.1 Å². The van der Waals surface area contributed by atoms with Crippen molar-refractivity contribution in [3.63, 3.8) is 0 Å². The second kappa shape index (κ2) is 5.34. The van der Waals surface area contributed by atoms with Gasteiger partial charge in [-0.2, -0.15) is 0 Å². The Morgan fingerprint density at radius 1 is 0.800 bits per heavy atom. The van der Waals surface area contributed by atoms with Gasteiger partial charge in [-0.3, -0.25) is 0 Å². The van der Waals surface area contributed by atoms with Gasteiger partial charge in [0, 0.05) is 17.9 Å². The first kappa shape index (κ1) is 14.5. The van der Waals surface area contributed by atoms with Gasteiger partial charge in [0.05, 0.1) is 11.7 Å². The second-order valence-corrected chi connectivity index (χ2v) is 7.05. The molecule has 0 radical (unpaired) electrons. The number of para-hydroxylation sites is 1. The quantitative estimate of drug-likeness (QED) is 0.838. The van der Waals surface area contributed by atoms with Crippen molar-refractivity contribution >= 4 is 17.7 Å². The SMILES string of the molecule is O=C1N[C@H]2[C@H]3CC[C@@H]2c2ccccc2[C@@H]3NC(=O)N1c1ccccc1. The van der Waals surface area contributed by atoms with Gasteiger partial charge in [-0.05, 0) is 36.1 Å². The Bertz CT molecular complexity index is 851. The third-order valence-electron chi connectivity index (χ3n) is 5.85. The lowest BCUT2D eigenvalue weighted by Gasteiger charge is -2.42. The average molecular weight is 333 g/mol. The molecule has 126 valence electrons. The number of urea groups is 2. The maximum atomic E-state index is 12.9. The standard InChI is InChI=1S/C20H19N3O2/c24-19-21-17-14-9-5-4-8-13(14)15-10-11-16(17)18(15)22-20(25)23(19)12-6-2-1-3-7-12/h1-9,15-18H,10-11H2,(H,21,24)(H,22,25)/t15-,16+,17+,18-/m1/s1. The van der Waals surface area contributed by atoms with E-state index in [1.165, 1.54) is 16.0 Å².